The number of hydrogen-bond donors (Lipinski definition) is 2. The highest BCUT2D eigenvalue weighted by Crippen LogP contribution is 2.22. The van der Waals surface area contributed by atoms with E-state index in [-0.39, 0.29) is 0 Å². The Hall–Kier alpha value is -2.26. The normalized spacial score (nSPS) is 11.1. The van der Waals surface area contributed by atoms with Crippen molar-refractivity contribution in [2.75, 3.05) is 6.54 Å². The van der Waals surface area contributed by atoms with Gasteiger partial charge < -0.3 is 15.0 Å². The monoisotopic (exact) mass is 280 g/mol. The third kappa shape index (κ3) is 2.93. The number of phenolic OH excluding ortho intramolecular Hbond substituents is 1. The van der Waals surface area contributed by atoms with Crippen molar-refractivity contribution < 1.29 is 5.11 Å². The maximum Gasteiger partial charge on any atom is 0.115 e. The molecule has 0 aliphatic rings. The van der Waals surface area contributed by atoms with Gasteiger partial charge in [-0.2, -0.15) is 0 Å². The Balaban J connectivity index is 1.96. The Kier molecular flexibility index (Phi) is 3.93. The fourth-order valence-electron chi connectivity index (χ4n) is 2.67. The molecule has 0 spiro atoms. The highest BCUT2D eigenvalue weighted by Gasteiger charge is 2.07. The van der Waals surface area contributed by atoms with Crippen molar-refractivity contribution in [3.63, 3.8) is 0 Å². The van der Waals surface area contributed by atoms with Crippen molar-refractivity contribution in [2.45, 2.75) is 20.0 Å². The molecule has 0 unspecified atom stereocenters. The number of aromatic nitrogens is 1. The van der Waals surface area contributed by atoms with E-state index in [2.05, 4.69) is 47.3 Å². The lowest BCUT2D eigenvalue weighted by molar-refractivity contribution is 0.475. The van der Waals surface area contributed by atoms with Crippen LogP contribution in [-0.4, -0.2) is 16.2 Å². The highest BCUT2D eigenvalue weighted by molar-refractivity contribution is 5.83. The molecule has 21 heavy (non-hydrogen) atoms. The van der Waals surface area contributed by atoms with Crippen LogP contribution >= 0.6 is 0 Å². The van der Waals surface area contributed by atoms with E-state index in [0.717, 1.165) is 19.6 Å². The minimum absolute atomic E-state index is 0.309. The van der Waals surface area contributed by atoms with Gasteiger partial charge >= 0.3 is 0 Å². The minimum atomic E-state index is 0.309. The fourth-order valence-corrected chi connectivity index (χ4v) is 2.67. The van der Waals surface area contributed by atoms with E-state index in [4.69, 9.17) is 0 Å². The standard InChI is InChI=1S/C18H20N2O/c1-2-19-12-16-5-3-4-15-10-11-20(18(15)16)13-14-6-8-17(21)9-7-14/h3-11,19,21H,2,12-13H2,1H3. The first-order valence-corrected chi connectivity index (χ1v) is 7.33. The number of nitrogens with zero attached hydrogens (tertiary/aromatic N) is 1. The van der Waals surface area contributed by atoms with Crippen LogP contribution in [0.4, 0.5) is 0 Å². The second-order valence-corrected chi connectivity index (χ2v) is 5.25. The third-order valence-corrected chi connectivity index (χ3v) is 3.73. The van der Waals surface area contributed by atoms with Gasteiger partial charge in [0.15, 0.2) is 0 Å². The van der Waals surface area contributed by atoms with Gasteiger partial charge in [-0.15, -0.1) is 0 Å². The summed E-state index contributed by atoms with van der Waals surface area (Å²) in [4.78, 5) is 0. The van der Waals surface area contributed by atoms with E-state index in [0.29, 0.717) is 5.75 Å². The highest BCUT2D eigenvalue weighted by atomic mass is 16.3. The molecule has 0 amide bonds. The molecule has 3 nitrogen and oxygen atoms in total. The zero-order chi connectivity index (χ0) is 14.7. The summed E-state index contributed by atoms with van der Waals surface area (Å²) < 4.78 is 2.27. The number of benzene rings is 2. The quantitative estimate of drug-likeness (QED) is 0.750. The smallest absolute Gasteiger partial charge is 0.115 e. The van der Waals surface area contributed by atoms with Gasteiger partial charge in [-0.3, -0.25) is 0 Å². The molecular formula is C18H20N2O. The van der Waals surface area contributed by atoms with Crippen LogP contribution in [0.1, 0.15) is 18.1 Å². The number of para-hydroxylation sites is 1. The molecule has 0 saturated carbocycles. The Morgan fingerprint density at radius 1 is 1.05 bits per heavy atom. The number of nitrogens with one attached hydrogen (secondary N) is 1. The van der Waals surface area contributed by atoms with Gasteiger partial charge in [-0.1, -0.05) is 37.3 Å². The summed E-state index contributed by atoms with van der Waals surface area (Å²) in [5.74, 6) is 0.309. The number of hydrogen-bond acceptors (Lipinski definition) is 2. The van der Waals surface area contributed by atoms with Crippen LogP contribution in [0.3, 0.4) is 0 Å². The first-order valence-electron chi connectivity index (χ1n) is 7.33. The van der Waals surface area contributed by atoms with Gasteiger partial charge in [-0.05, 0) is 41.3 Å². The third-order valence-electron chi connectivity index (χ3n) is 3.73. The molecule has 0 radical (unpaired) electrons. The molecular weight excluding hydrogens is 260 g/mol. The zero-order valence-corrected chi connectivity index (χ0v) is 12.2. The number of rotatable bonds is 5. The van der Waals surface area contributed by atoms with Crippen LogP contribution in [-0.2, 0) is 13.1 Å². The van der Waals surface area contributed by atoms with Gasteiger partial charge in [0.05, 0.1) is 5.52 Å². The van der Waals surface area contributed by atoms with Gasteiger partial charge in [0.25, 0.3) is 0 Å². The summed E-state index contributed by atoms with van der Waals surface area (Å²) in [6, 6.07) is 16.0. The van der Waals surface area contributed by atoms with Crippen LogP contribution < -0.4 is 5.32 Å². The molecule has 0 aliphatic heterocycles. The SMILES string of the molecule is CCNCc1cccc2ccn(Cc3ccc(O)cc3)c12. The summed E-state index contributed by atoms with van der Waals surface area (Å²) in [7, 11) is 0. The summed E-state index contributed by atoms with van der Waals surface area (Å²) in [5.41, 5.74) is 3.79. The lowest BCUT2D eigenvalue weighted by atomic mass is 10.1. The molecule has 108 valence electrons. The van der Waals surface area contributed by atoms with Gasteiger partial charge in [0.1, 0.15) is 5.75 Å². The van der Waals surface area contributed by atoms with E-state index in [1.807, 2.05) is 12.1 Å². The van der Waals surface area contributed by atoms with Crippen molar-refractivity contribution >= 4 is 10.9 Å². The fraction of sp³-hybridized carbons (Fsp3) is 0.222. The molecule has 3 rings (SSSR count). The molecule has 3 heteroatoms. The van der Waals surface area contributed by atoms with E-state index in [1.165, 1.54) is 22.0 Å². The van der Waals surface area contributed by atoms with Crippen molar-refractivity contribution in [3.8, 4) is 5.75 Å². The molecule has 2 aromatic carbocycles. The summed E-state index contributed by atoms with van der Waals surface area (Å²) in [5, 5.41) is 14.0. The van der Waals surface area contributed by atoms with Gasteiger partial charge in [0, 0.05) is 19.3 Å². The van der Waals surface area contributed by atoms with Gasteiger partial charge in [-0.25, -0.2) is 0 Å². The molecule has 2 N–H and O–H groups in total. The second-order valence-electron chi connectivity index (χ2n) is 5.25. The predicted octanol–water partition coefficient (Wildman–Crippen LogP) is 3.50. The predicted molar refractivity (Wildman–Crippen MR) is 86.5 cm³/mol. The van der Waals surface area contributed by atoms with Crippen LogP contribution in [0, 0.1) is 0 Å². The molecule has 3 aromatic rings. The summed E-state index contributed by atoms with van der Waals surface area (Å²) in [6.07, 6.45) is 2.13. The van der Waals surface area contributed by atoms with Crippen LogP contribution in [0.25, 0.3) is 10.9 Å². The Morgan fingerprint density at radius 3 is 2.62 bits per heavy atom. The van der Waals surface area contributed by atoms with Crippen LogP contribution in [0.15, 0.2) is 54.7 Å². The number of aromatic hydroxyl groups is 1. The first kappa shape index (κ1) is 13.7. The average Bonchev–Trinajstić information content (AvgIpc) is 2.91. The van der Waals surface area contributed by atoms with Crippen LogP contribution in [0.5, 0.6) is 5.75 Å². The maximum atomic E-state index is 9.38. The molecule has 0 atom stereocenters. The molecule has 0 fully saturated rings. The van der Waals surface area contributed by atoms with E-state index < -0.39 is 0 Å². The van der Waals surface area contributed by atoms with E-state index >= 15 is 0 Å². The van der Waals surface area contributed by atoms with Crippen LogP contribution in [0.2, 0.25) is 0 Å². The minimum Gasteiger partial charge on any atom is -0.508 e. The van der Waals surface area contributed by atoms with Crippen molar-refractivity contribution in [3.05, 3.63) is 65.9 Å². The molecule has 1 heterocycles. The molecule has 0 bridgehead atoms. The zero-order valence-electron chi connectivity index (χ0n) is 12.2. The topological polar surface area (TPSA) is 37.2 Å². The summed E-state index contributed by atoms with van der Waals surface area (Å²) in [6.45, 7) is 4.78. The Morgan fingerprint density at radius 2 is 1.86 bits per heavy atom. The van der Waals surface area contributed by atoms with E-state index in [9.17, 15) is 5.11 Å². The van der Waals surface area contributed by atoms with E-state index in [1.54, 1.807) is 12.1 Å². The molecule has 1 aromatic heterocycles. The Bertz CT molecular complexity index is 729. The van der Waals surface area contributed by atoms with Crippen molar-refractivity contribution in [1.82, 2.24) is 9.88 Å². The largest absolute Gasteiger partial charge is 0.508 e. The lowest BCUT2D eigenvalue weighted by Gasteiger charge is -2.10. The van der Waals surface area contributed by atoms with Gasteiger partial charge in [0.2, 0.25) is 0 Å². The summed E-state index contributed by atoms with van der Waals surface area (Å²) >= 11 is 0. The number of phenols is 1. The lowest BCUT2D eigenvalue weighted by Crippen LogP contribution is -2.13. The van der Waals surface area contributed by atoms with Crippen molar-refractivity contribution in [1.29, 1.82) is 0 Å². The maximum absolute atomic E-state index is 9.38. The van der Waals surface area contributed by atoms with Crippen molar-refractivity contribution in [2.24, 2.45) is 0 Å². The molecule has 0 saturated heterocycles. The number of fused-ring (bicyclic) bond motifs is 1. The second kappa shape index (κ2) is 6.02. The average molecular weight is 280 g/mol. The Labute approximate surface area is 124 Å². The molecule has 0 aliphatic carbocycles. The first-order chi connectivity index (χ1) is 10.3.